The lowest BCUT2D eigenvalue weighted by molar-refractivity contribution is -0.124. The average Bonchev–Trinajstić information content (AvgIpc) is 2.59. The molecule has 28 heavy (non-hydrogen) atoms. The predicted molar refractivity (Wildman–Crippen MR) is 117 cm³/mol. The van der Waals surface area contributed by atoms with Crippen molar-refractivity contribution in [2.75, 3.05) is 34.2 Å². The Balaban J connectivity index is 2.71. The van der Waals surface area contributed by atoms with Gasteiger partial charge < -0.3 is 10.2 Å². The van der Waals surface area contributed by atoms with Gasteiger partial charge in [0.15, 0.2) is 0 Å². The summed E-state index contributed by atoms with van der Waals surface area (Å²) in [6.07, 6.45) is 0.891. The molecule has 0 saturated heterocycles. The number of amides is 1. The van der Waals surface area contributed by atoms with Crippen LogP contribution in [-0.4, -0.2) is 61.8 Å². The molecule has 1 amide bonds. The first-order valence-corrected chi connectivity index (χ1v) is 10.2. The molecule has 0 aliphatic rings. The number of Topliss-reactive ketones (excluding diaryl/α,β-unsaturated/α-hetero) is 1. The molecule has 1 aromatic rings. The van der Waals surface area contributed by atoms with Crippen LogP contribution in [0, 0.1) is 0 Å². The molecule has 1 rings (SSSR count). The molecular weight excluding hydrogens is 350 g/mol. The molecule has 158 valence electrons. The minimum absolute atomic E-state index is 0.00341. The van der Waals surface area contributed by atoms with Crippen LogP contribution in [0.1, 0.15) is 64.6 Å². The van der Waals surface area contributed by atoms with Crippen molar-refractivity contribution in [2.45, 2.75) is 65.0 Å². The molecule has 2 atom stereocenters. The Labute approximate surface area is 171 Å². The third-order valence-corrected chi connectivity index (χ3v) is 5.36. The molecule has 1 aromatic carbocycles. The lowest BCUT2D eigenvalue weighted by Gasteiger charge is -2.32. The molecule has 0 aliphatic heterocycles. The lowest BCUT2D eigenvalue weighted by atomic mass is 9.86. The highest BCUT2D eigenvalue weighted by Gasteiger charge is 2.25. The maximum Gasteiger partial charge on any atom is 0.220 e. The number of rotatable bonds is 10. The van der Waals surface area contributed by atoms with E-state index in [0.717, 1.165) is 6.54 Å². The van der Waals surface area contributed by atoms with Gasteiger partial charge in [0.1, 0.15) is 5.78 Å². The van der Waals surface area contributed by atoms with Gasteiger partial charge in [-0.1, -0.05) is 45.0 Å². The van der Waals surface area contributed by atoms with Crippen LogP contribution < -0.4 is 5.32 Å². The number of nitrogens with zero attached hydrogens (tertiary/aromatic N) is 2. The summed E-state index contributed by atoms with van der Waals surface area (Å²) in [5, 5.41) is 2.92. The van der Waals surface area contributed by atoms with Crippen LogP contribution in [0.3, 0.4) is 0 Å². The monoisotopic (exact) mass is 389 g/mol. The number of hydrogen-bond acceptors (Lipinski definition) is 4. The van der Waals surface area contributed by atoms with Crippen molar-refractivity contribution in [1.82, 2.24) is 15.1 Å². The zero-order chi connectivity index (χ0) is 21.5. The quantitative estimate of drug-likeness (QED) is 0.666. The van der Waals surface area contributed by atoms with Crippen molar-refractivity contribution in [3.8, 4) is 0 Å². The first-order chi connectivity index (χ1) is 12.9. The second-order valence-electron chi connectivity index (χ2n) is 9.03. The van der Waals surface area contributed by atoms with Crippen LogP contribution in [0.15, 0.2) is 24.3 Å². The molecule has 1 N–H and O–H groups in total. The molecule has 0 aromatic heterocycles. The van der Waals surface area contributed by atoms with Crippen molar-refractivity contribution in [1.29, 1.82) is 0 Å². The fraction of sp³-hybridized carbons (Fsp3) is 0.652. The van der Waals surface area contributed by atoms with Gasteiger partial charge in [-0.2, -0.15) is 0 Å². The SMILES string of the molecule is CC(=O)[C@H](CCC(=O)NCCN(C)C)N(C)C(C)c1ccc(C(C)(C)C)cc1. The van der Waals surface area contributed by atoms with E-state index in [1.54, 1.807) is 6.92 Å². The molecule has 0 spiro atoms. The molecule has 0 bridgehead atoms. The number of nitrogens with one attached hydrogen (secondary N) is 1. The Bertz CT molecular complexity index is 632. The van der Waals surface area contributed by atoms with Gasteiger partial charge in [0.05, 0.1) is 6.04 Å². The molecule has 0 saturated carbocycles. The van der Waals surface area contributed by atoms with Crippen molar-refractivity contribution < 1.29 is 9.59 Å². The zero-order valence-corrected chi connectivity index (χ0v) is 19.0. The van der Waals surface area contributed by atoms with E-state index in [0.29, 0.717) is 19.4 Å². The number of hydrogen-bond donors (Lipinski definition) is 1. The maximum absolute atomic E-state index is 12.2. The highest BCUT2D eigenvalue weighted by Crippen LogP contribution is 2.27. The van der Waals surface area contributed by atoms with Gasteiger partial charge in [0.25, 0.3) is 0 Å². The van der Waals surface area contributed by atoms with Crippen LogP contribution in [-0.2, 0) is 15.0 Å². The number of carbonyl (C=O) groups is 2. The highest BCUT2D eigenvalue weighted by molar-refractivity contribution is 5.83. The van der Waals surface area contributed by atoms with Crippen LogP contribution >= 0.6 is 0 Å². The highest BCUT2D eigenvalue weighted by atomic mass is 16.1. The number of likely N-dealkylation sites (N-methyl/N-ethyl adjacent to an activating group) is 2. The predicted octanol–water partition coefficient (Wildman–Crippen LogP) is 3.39. The summed E-state index contributed by atoms with van der Waals surface area (Å²) in [4.78, 5) is 28.4. The van der Waals surface area contributed by atoms with E-state index < -0.39 is 0 Å². The molecular formula is C23H39N3O2. The van der Waals surface area contributed by atoms with Crippen molar-refractivity contribution in [3.05, 3.63) is 35.4 Å². The van der Waals surface area contributed by atoms with Gasteiger partial charge in [-0.25, -0.2) is 0 Å². The van der Waals surface area contributed by atoms with Crippen LogP contribution in [0.2, 0.25) is 0 Å². The van der Waals surface area contributed by atoms with E-state index >= 15 is 0 Å². The molecule has 5 nitrogen and oxygen atoms in total. The Kier molecular flexibility index (Phi) is 9.31. The lowest BCUT2D eigenvalue weighted by Crippen LogP contribution is -2.40. The zero-order valence-electron chi connectivity index (χ0n) is 19.0. The van der Waals surface area contributed by atoms with E-state index in [9.17, 15) is 9.59 Å². The number of ketones is 1. The normalized spacial score (nSPS) is 14.2. The van der Waals surface area contributed by atoms with Gasteiger partial charge in [-0.15, -0.1) is 0 Å². The van der Waals surface area contributed by atoms with Gasteiger partial charge >= 0.3 is 0 Å². The summed E-state index contributed by atoms with van der Waals surface area (Å²) in [7, 11) is 5.92. The molecule has 0 radical (unpaired) electrons. The van der Waals surface area contributed by atoms with E-state index in [1.165, 1.54) is 11.1 Å². The molecule has 0 heterocycles. The molecule has 0 aliphatic carbocycles. The summed E-state index contributed by atoms with van der Waals surface area (Å²) in [5.74, 6) is 0.102. The second-order valence-corrected chi connectivity index (χ2v) is 9.03. The minimum Gasteiger partial charge on any atom is -0.355 e. The van der Waals surface area contributed by atoms with Crippen LogP contribution in [0.4, 0.5) is 0 Å². The van der Waals surface area contributed by atoms with E-state index in [1.807, 2.05) is 26.0 Å². The Morgan fingerprint density at radius 2 is 1.64 bits per heavy atom. The minimum atomic E-state index is -0.267. The smallest absolute Gasteiger partial charge is 0.220 e. The maximum atomic E-state index is 12.2. The topological polar surface area (TPSA) is 52.7 Å². The Hall–Kier alpha value is -1.72. The van der Waals surface area contributed by atoms with E-state index in [-0.39, 0.29) is 29.2 Å². The Morgan fingerprint density at radius 3 is 2.11 bits per heavy atom. The summed E-state index contributed by atoms with van der Waals surface area (Å²) in [6.45, 7) is 11.8. The van der Waals surface area contributed by atoms with Gasteiger partial charge in [-0.05, 0) is 58.0 Å². The summed E-state index contributed by atoms with van der Waals surface area (Å²) < 4.78 is 0. The van der Waals surface area contributed by atoms with Crippen molar-refractivity contribution in [2.24, 2.45) is 0 Å². The molecule has 0 fully saturated rings. The average molecular weight is 390 g/mol. The third-order valence-electron chi connectivity index (χ3n) is 5.36. The third kappa shape index (κ3) is 7.72. The summed E-state index contributed by atoms with van der Waals surface area (Å²) in [5.41, 5.74) is 2.59. The van der Waals surface area contributed by atoms with E-state index in [4.69, 9.17) is 0 Å². The number of carbonyl (C=O) groups excluding carboxylic acids is 2. The van der Waals surface area contributed by atoms with E-state index in [2.05, 4.69) is 62.2 Å². The first kappa shape index (κ1) is 24.3. The fourth-order valence-electron chi connectivity index (χ4n) is 3.24. The standard InChI is InChI=1S/C23H39N3O2/c1-17(19-9-11-20(12-10-19)23(3,4)5)26(8)21(18(2)27)13-14-22(28)24-15-16-25(6)7/h9-12,17,21H,13-16H2,1-8H3,(H,24,28)/t17?,21-/m0/s1. The summed E-state index contributed by atoms with van der Waals surface area (Å²) >= 11 is 0. The first-order valence-electron chi connectivity index (χ1n) is 10.2. The number of benzene rings is 1. The summed E-state index contributed by atoms with van der Waals surface area (Å²) in [6, 6.07) is 8.46. The second kappa shape index (κ2) is 10.7. The Morgan fingerprint density at radius 1 is 1.07 bits per heavy atom. The largest absolute Gasteiger partial charge is 0.355 e. The van der Waals surface area contributed by atoms with Gasteiger partial charge in [-0.3, -0.25) is 14.5 Å². The van der Waals surface area contributed by atoms with Crippen molar-refractivity contribution >= 4 is 11.7 Å². The van der Waals surface area contributed by atoms with Crippen molar-refractivity contribution in [3.63, 3.8) is 0 Å². The van der Waals surface area contributed by atoms with Crippen LogP contribution in [0.25, 0.3) is 0 Å². The van der Waals surface area contributed by atoms with Gasteiger partial charge in [0, 0.05) is 25.6 Å². The molecule has 5 heteroatoms. The van der Waals surface area contributed by atoms with Crippen LogP contribution in [0.5, 0.6) is 0 Å². The molecule has 1 unspecified atom stereocenters. The van der Waals surface area contributed by atoms with Gasteiger partial charge in [0.2, 0.25) is 5.91 Å². The fourth-order valence-corrected chi connectivity index (χ4v) is 3.24.